The summed E-state index contributed by atoms with van der Waals surface area (Å²) in [6.45, 7) is 5.87. The van der Waals surface area contributed by atoms with E-state index in [1.54, 1.807) is 18.4 Å². The van der Waals surface area contributed by atoms with Crippen LogP contribution in [0.1, 0.15) is 14.5 Å². The Morgan fingerprint density at radius 3 is 2.56 bits per heavy atom. The average molecular weight is 365 g/mol. The van der Waals surface area contributed by atoms with E-state index in [0.717, 1.165) is 22.8 Å². The van der Waals surface area contributed by atoms with Gasteiger partial charge in [0, 0.05) is 56.0 Å². The van der Waals surface area contributed by atoms with Crippen molar-refractivity contribution in [1.82, 2.24) is 14.7 Å². The first-order valence-corrected chi connectivity index (χ1v) is 9.43. The molecule has 0 radical (unpaired) electrons. The second-order valence-corrected chi connectivity index (χ2v) is 8.89. The van der Waals surface area contributed by atoms with Gasteiger partial charge in [-0.2, -0.15) is 0 Å². The highest BCUT2D eigenvalue weighted by Crippen LogP contribution is 2.43. The lowest BCUT2D eigenvalue weighted by Gasteiger charge is -2.32. The Kier molecular flexibility index (Phi) is 5.18. The molecule has 3 rings (SSSR count). The topological polar surface area (TPSA) is 53.1 Å². The summed E-state index contributed by atoms with van der Waals surface area (Å²) < 4.78 is 5.01. The van der Waals surface area contributed by atoms with Crippen LogP contribution in [-0.2, 0) is 9.53 Å². The van der Waals surface area contributed by atoms with Crippen LogP contribution in [0, 0.1) is 18.3 Å². The van der Waals surface area contributed by atoms with Crippen LogP contribution in [0.3, 0.4) is 0 Å². The number of likely N-dealkylation sites (tertiary alicyclic amines) is 2. The lowest BCUT2D eigenvalue weighted by Crippen LogP contribution is -2.44. The molecule has 138 valence electrons. The van der Waals surface area contributed by atoms with Crippen LogP contribution < -0.4 is 0 Å². The number of amides is 2. The molecule has 1 aromatic rings. The van der Waals surface area contributed by atoms with Gasteiger partial charge in [0.2, 0.25) is 5.91 Å². The van der Waals surface area contributed by atoms with E-state index < -0.39 is 0 Å². The molecule has 2 aliphatic heterocycles. The lowest BCUT2D eigenvalue weighted by molar-refractivity contribution is -0.134. The number of hydrogen-bond acceptors (Lipinski definition) is 5. The molecule has 6 nitrogen and oxygen atoms in total. The smallest absolute Gasteiger partial charge is 0.263 e. The molecule has 0 saturated carbocycles. The van der Waals surface area contributed by atoms with E-state index in [-0.39, 0.29) is 23.8 Å². The summed E-state index contributed by atoms with van der Waals surface area (Å²) in [7, 11) is 5.66. The average Bonchev–Trinajstić information content (AvgIpc) is 3.18. The third-order valence-electron chi connectivity index (χ3n) is 5.25. The minimum absolute atomic E-state index is 0.0433. The van der Waals surface area contributed by atoms with Gasteiger partial charge in [-0.15, -0.1) is 11.3 Å². The van der Waals surface area contributed by atoms with Crippen LogP contribution in [0.2, 0.25) is 0 Å². The van der Waals surface area contributed by atoms with Gasteiger partial charge in [0.05, 0.1) is 4.88 Å². The van der Waals surface area contributed by atoms with E-state index >= 15 is 0 Å². The fourth-order valence-corrected chi connectivity index (χ4v) is 5.13. The Morgan fingerprint density at radius 2 is 1.96 bits per heavy atom. The Hall–Kier alpha value is -1.44. The van der Waals surface area contributed by atoms with Crippen molar-refractivity contribution in [3.8, 4) is 0 Å². The van der Waals surface area contributed by atoms with Crippen molar-refractivity contribution in [3.05, 3.63) is 21.9 Å². The van der Waals surface area contributed by atoms with Gasteiger partial charge in [-0.3, -0.25) is 9.59 Å². The van der Waals surface area contributed by atoms with Gasteiger partial charge in [0.15, 0.2) is 0 Å². The maximum absolute atomic E-state index is 12.9. The molecule has 0 bridgehead atoms. The minimum Gasteiger partial charge on any atom is -0.375 e. The number of nitrogens with zero attached hydrogens (tertiary/aromatic N) is 3. The number of rotatable bonds is 5. The van der Waals surface area contributed by atoms with Crippen molar-refractivity contribution in [2.45, 2.75) is 6.92 Å². The van der Waals surface area contributed by atoms with Gasteiger partial charge < -0.3 is 19.4 Å². The monoisotopic (exact) mass is 365 g/mol. The van der Waals surface area contributed by atoms with Crippen LogP contribution in [0.15, 0.2) is 12.1 Å². The molecular weight excluding hydrogens is 338 g/mol. The number of carbonyl (C=O) groups is 2. The first-order valence-electron chi connectivity index (χ1n) is 8.62. The number of ether oxygens (including phenoxy) is 1. The summed E-state index contributed by atoms with van der Waals surface area (Å²) in [5.74, 6) is 0.489. The summed E-state index contributed by atoms with van der Waals surface area (Å²) in [6.07, 6.45) is 0. The zero-order valence-electron chi connectivity index (χ0n) is 15.4. The van der Waals surface area contributed by atoms with Crippen molar-refractivity contribution >= 4 is 23.2 Å². The highest BCUT2D eigenvalue weighted by atomic mass is 32.1. The van der Waals surface area contributed by atoms with Gasteiger partial charge in [-0.25, -0.2) is 0 Å². The molecule has 0 aliphatic carbocycles. The number of thiophene rings is 1. The van der Waals surface area contributed by atoms with E-state index in [9.17, 15) is 9.59 Å². The van der Waals surface area contributed by atoms with Crippen molar-refractivity contribution in [3.63, 3.8) is 0 Å². The summed E-state index contributed by atoms with van der Waals surface area (Å²) in [4.78, 5) is 33.1. The standard InChI is InChI=1S/C18H27N3O3S/c1-13-5-6-15(25-13)17(23)21-8-14-7-20(16(22)9-24-4)11-18(14,12-21)10-19(2)3/h5-6,14H,7-12H2,1-4H3/t14-,18+/m1/s1. The van der Waals surface area contributed by atoms with E-state index in [1.165, 1.54) is 0 Å². The zero-order chi connectivity index (χ0) is 18.2. The summed E-state index contributed by atoms with van der Waals surface area (Å²) in [5, 5.41) is 0. The molecule has 1 aromatic heterocycles. The van der Waals surface area contributed by atoms with E-state index in [4.69, 9.17) is 4.74 Å². The van der Waals surface area contributed by atoms with E-state index in [2.05, 4.69) is 19.0 Å². The van der Waals surface area contributed by atoms with Gasteiger partial charge in [0.25, 0.3) is 5.91 Å². The number of hydrogen-bond donors (Lipinski definition) is 0. The molecule has 0 aromatic carbocycles. The van der Waals surface area contributed by atoms with Gasteiger partial charge in [-0.1, -0.05) is 0 Å². The largest absolute Gasteiger partial charge is 0.375 e. The number of fused-ring (bicyclic) bond motifs is 1. The fourth-order valence-electron chi connectivity index (χ4n) is 4.30. The third-order valence-corrected chi connectivity index (χ3v) is 6.24. The van der Waals surface area contributed by atoms with E-state index in [1.807, 2.05) is 28.9 Å². The molecule has 0 unspecified atom stereocenters. The third kappa shape index (κ3) is 3.59. The Bertz CT molecular complexity index is 660. The highest BCUT2D eigenvalue weighted by Gasteiger charge is 2.54. The quantitative estimate of drug-likeness (QED) is 0.786. The molecule has 2 atom stereocenters. The Labute approximate surface area is 153 Å². The SMILES string of the molecule is COCC(=O)N1C[C@@H]2CN(C(=O)c3ccc(C)s3)C[C@]2(CN(C)C)C1. The number of methoxy groups -OCH3 is 1. The van der Waals surface area contributed by atoms with Crippen LogP contribution in [-0.4, -0.2) is 87.0 Å². The highest BCUT2D eigenvalue weighted by molar-refractivity contribution is 7.13. The van der Waals surface area contributed by atoms with Gasteiger partial charge in [-0.05, 0) is 33.2 Å². The van der Waals surface area contributed by atoms with Crippen molar-refractivity contribution in [2.75, 3.05) is 60.5 Å². The molecule has 0 spiro atoms. The van der Waals surface area contributed by atoms with Crippen molar-refractivity contribution < 1.29 is 14.3 Å². The van der Waals surface area contributed by atoms with Crippen LogP contribution in [0.4, 0.5) is 0 Å². The molecule has 2 aliphatic rings. The Morgan fingerprint density at radius 1 is 1.28 bits per heavy atom. The first-order chi connectivity index (χ1) is 11.8. The van der Waals surface area contributed by atoms with Crippen molar-refractivity contribution in [2.24, 2.45) is 11.3 Å². The minimum atomic E-state index is -0.0468. The predicted molar refractivity (Wildman–Crippen MR) is 97.9 cm³/mol. The normalized spacial score (nSPS) is 25.7. The zero-order valence-corrected chi connectivity index (χ0v) is 16.3. The summed E-state index contributed by atoms with van der Waals surface area (Å²) in [6, 6.07) is 3.92. The molecule has 2 saturated heterocycles. The summed E-state index contributed by atoms with van der Waals surface area (Å²) >= 11 is 1.55. The van der Waals surface area contributed by atoms with Crippen LogP contribution in [0.5, 0.6) is 0 Å². The Balaban J connectivity index is 1.76. The molecule has 7 heteroatoms. The second kappa shape index (κ2) is 7.05. The maximum Gasteiger partial charge on any atom is 0.263 e. The van der Waals surface area contributed by atoms with Crippen molar-refractivity contribution in [1.29, 1.82) is 0 Å². The van der Waals surface area contributed by atoms with Gasteiger partial charge in [0.1, 0.15) is 6.61 Å². The number of aryl methyl sites for hydroxylation is 1. The van der Waals surface area contributed by atoms with Gasteiger partial charge >= 0.3 is 0 Å². The molecule has 25 heavy (non-hydrogen) atoms. The number of carbonyl (C=O) groups excluding carboxylic acids is 2. The first kappa shape index (κ1) is 18.4. The fraction of sp³-hybridized carbons (Fsp3) is 0.667. The maximum atomic E-state index is 12.9. The second-order valence-electron chi connectivity index (χ2n) is 7.60. The predicted octanol–water partition coefficient (Wildman–Crippen LogP) is 1.17. The molecule has 3 heterocycles. The molecule has 2 amide bonds. The lowest BCUT2D eigenvalue weighted by atomic mass is 9.80. The molecular formula is C18H27N3O3S. The van der Waals surface area contributed by atoms with Crippen LogP contribution in [0.25, 0.3) is 0 Å². The summed E-state index contributed by atoms with van der Waals surface area (Å²) in [5.41, 5.74) is -0.0468. The van der Waals surface area contributed by atoms with E-state index in [0.29, 0.717) is 25.6 Å². The van der Waals surface area contributed by atoms with Crippen LogP contribution >= 0.6 is 11.3 Å². The molecule has 0 N–H and O–H groups in total. The molecule has 2 fully saturated rings.